The molecule has 0 aromatic heterocycles. The molecule has 4 aromatic carbocycles. The van der Waals surface area contributed by atoms with Gasteiger partial charge in [-0.2, -0.15) is 0 Å². The number of aryl methyl sites for hydroxylation is 2. The average Bonchev–Trinajstić information content (AvgIpc) is 3.02. The molecule has 0 saturated carbocycles. The highest BCUT2D eigenvalue weighted by molar-refractivity contribution is 6.00. The lowest BCUT2D eigenvalue weighted by Gasteiger charge is -2.27. The number of ketones is 1. The highest BCUT2D eigenvalue weighted by Crippen LogP contribution is 2.33. The maximum Gasteiger partial charge on any atom is 0.343 e. The minimum absolute atomic E-state index is 0.112. The zero-order valence-electron chi connectivity index (χ0n) is 28.8. The smallest absolute Gasteiger partial charge is 0.343 e. The van der Waals surface area contributed by atoms with Crippen LogP contribution in [-0.4, -0.2) is 17.4 Å². The van der Waals surface area contributed by atoms with Crippen molar-refractivity contribution in [2.75, 3.05) is 0 Å². The van der Waals surface area contributed by atoms with Crippen molar-refractivity contribution in [1.29, 1.82) is 0 Å². The van der Waals surface area contributed by atoms with E-state index >= 15 is 0 Å². The van der Waals surface area contributed by atoms with Crippen molar-refractivity contribution >= 4 is 11.8 Å². The van der Waals surface area contributed by atoms with E-state index in [-0.39, 0.29) is 17.3 Å². The van der Waals surface area contributed by atoms with E-state index in [4.69, 9.17) is 14.2 Å². The topological polar surface area (TPSA) is 61.8 Å². The van der Waals surface area contributed by atoms with E-state index in [1.54, 1.807) is 48.5 Å². The Kier molecular flexibility index (Phi) is 10.8. The van der Waals surface area contributed by atoms with E-state index in [2.05, 4.69) is 58.9 Å². The Balaban J connectivity index is 1.38. The van der Waals surface area contributed by atoms with E-state index < -0.39 is 11.4 Å². The molecule has 0 heterocycles. The van der Waals surface area contributed by atoms with Gasteiger partial charge in [-0.05, 0) is 123 Å². The molecule has 0 amide bonds. The molecule has 0 aliphatic carbocycles. The molecule has 5 nitrogen and oxygen atoms in total. The van der Waals surface area contributed by atoms with Gasteiger partial charge in [0.05, 0.1) is 5.56 Å². The third kappa shape index (κ3) is 8.45. The predicted molar refractivity (Wildman–Crippen MR) is 186 cm³/mol. The zero-order valence-corrected chi connectivity index (χ0v) is 28.8. The lowest BCUT2D eigenvalue weighted by Crippen LogP contribution is -2.28. The molecule has 0 fully saturated rings. The fraction of sp³-hybridized carbons (Fsp3) is 0.366. The molecule has 0 aliphatic rings. The number of benzene rings is 4. The van der Waals surface area contributed by atoms with Gasteiger partial charge < -0.3 is 14.2 Å². The number of carbonyl (C=O) groups excluding carboxylic acids is 2. The molecule has 0 aliphatic heterocycles. The van der Waals surface area contributed by atoms with Crippen LogP contribution in [0.2, 0.25) is 0 Å². The first-order valence-corrected chi connectivity index (χ1v) is 16.3. The molecule has 5 heteroatoms. The fourth-order valence-electron chi connectivity index (χ4n) is 5.44. The maximum atomic E-state index is 13.0. The van der Waals surface area contributed by atoms with Crippen molar-refractivity contribution in [2.24, 2.45) is 5.41 Å². The van der Waals surface area contributed by atoms with Gasteiger partial charge >= 0.3 is 5.97 Å². The fourth-order valence-corrected chi connectivity index (χ4v) is 5.44. The van der Waals surface area contributed by atoms with Crippen LogP contribution in [0.25, 0.3) is 0 Å². The monoisotopic (exact) mass is 620 g/mol. The van der Waals surface area contributed by atoms with Gasteiger partial charge in [-0.1, -0.05) is 65.3 Å². The molecule has 0 saturated heterocycles. The van der Waals surface area contributed by atoms with Crippen molar-refractivity contribution in [1.82, 2.24) is 0 Å². The number of carbonyl (C=O) groups is 2. The summed E-state index contributed by atoms with van der Waals surface area (Å²) in [5.41, 5.74) is 4.84. The first-order chi connectivity index (χ1) is 21.7. The third-order valence-corrected chi connectivity index (χ3v) is 8.78. The standard InChI is InChI=1S/C41H48O5/c1-10-24-41(8,9)46-37-23-17-33(26-28(37)4)29(5)32-16-22-36(27(3)25-32)45-39(43)31-14-20-35(21-15-31)44-34-18-12-30(13-19-34)38(42)40(6,7)11-2/h12-23,25-26,29H,10-11,24H2,1-9H3. The van der Waals surface area contributed by atoms with Gasteiger partial charge in [0, 0.05) is 16.9 Å². The zero-order chi connectivity index (χ0) is 33.6. The summed E-state index contributed by atoms with van der Waals surface area (Å²) in [4.78, 5) is 25.7. The third-order valence-electron chi connectivity index (χ3n) is 8.78. The predicted octanol–water partition coefficient (Wildman–Crippen LogP) is 11.0. The molecule has 46 heavy (non-hydrogen) atoms. The SMILES string of the molecule is CCCC(C)(C)Oc1ccc(C(C)c2ccc(OC(=O)c3ccc(Oc4ccc(C(=O)C(C)(C)CC)cc4)cc3)c(C)c2)cc1C. The summed E-state index contributed by atoms with van der Waals surface area (Å²) in [5.74, 6) is 2.48. The first kappa shape index (κ1) is 34.5. The number of esters is 1. The molecular formula is C41H48O5. The van der Waals surface area contributed by atoms with E-state index in [0.717, 1.165) is 41.7 Å². The number of rotatable bonds is 13. The van der Waals surface area contributed by atoms with Crippen LogP contribution in [0.15, 0.2) is 84.9 Å². The minimum atomic E-state index is -0.436. The molecule has 0 N–H and O–H groups in total. The normalized spacial score (nSPS) is 12.4. The van der Waals surface area contributed by atoms with E-state index in [9.17, 15) is 9.59 Å². The molecular weight excluding hydrogens is 572 g/mol. The minimum Gasteiger partial charge on any atom is -0.488 e. The summed E-state index contributed by atoms with van der Waals surface area (Å²) in [5, 5.41) is 0. The van der Waals surface area contributed by atoms with Gasteiger partial charge in [-0.3, -0.25) is 4.79 Å². The van der Waals surface area contributed by atoms with Gasteiger partial charge in [0.25, 0.3) is 0 Å². The van der Waals surface area contributed by atoms with Crippen LogP contribution in [0.4, 0.5) is 0 Å². The van der Waals surface area contributed by atoms with Gasteiger partial charge in [0.15, 0.2) is 5.78 Å². The van der Waals surface area contributed by atoms with Gasteiger partial charge in [-0.25, -0.2) is 4.79 Å². The van der Waals surface area contributed by atoms with Crippen LogP contribution >= 0.6 is 0 Å². The maximum absolute atomic E-state index is 13.0. The van der Waals surface area contributed by atoms with Crippen LogP contribution < -0.4 is 14.2 Å². The molecule has 1 atom stereocenters. The summed E-state index contributed by atoms with van der Waals surface area (Å²) < 4.78 is 18.0. The van der Waals surface area contributed by atoms with Crippen molar-refractivity contribution in [3.05, 3.63) is 118 Å². The summed E-state index contributed by atoms with van der Waals surface area (Å²) in [7, 11) is 0. The Bertz CT molecular complexity index is 1660. The lowest BCUT2D eigenvalue weighted by atomic mass is 9.82. The highest BCUT2D eigenvalue weighted by Gasteiger charge is 2.26. The van der Waals surface area contributed by atoms with Crippen LogP contribution in [0.3, 0.4) is 0 Å². The molecule has 1 unspecified atom stereocenters. The highest BCUT2D eigenvalue weighted by atomic mass is 16.5. The second kappa shape index (κ2) is 14.4. The van der Waals surface area contributed by atoms with Crippen LogP contribution in [-0.2, 0) is 0 Å². The molecule has 0 spiro atoms. The van der Waals surface area contributed by atoms with E-state index in [1.165, 1.54) is 5.56 Å². The van der Waals surface area contributed by atoms with E-state index in [1.807, 2.05) is 39.8 Å². The van der Waals surface area contributed by atoms with Gasteiger partial charge in [-0.15, -0.1) is 0 Å². The largest absolute Gasteiger partial charge is 0.488 e. The summed E-state index contributed by atoms with van der Waals surface area (Å²) >= 11 is 0. The molecule has 4 aromatic rings. The molecule has 242 valence electrons. The van der Waals surface area contributed by atoms with Crippen LogP contribution in [0.1, 0.15) is 117 Å². The van der Waals surface area contributed by atoms with Crippen molar-refractivity contribution in [3.8, 4) is 23.0 Å². The summed E-state index contributed by atoms with van der Waals surface area (Å²) in [6.07, 6.45) is 2.84. The van der Waals surface area contributed by atoms with E-state index in [0.29, 0.717) is 28.4 Å². The van der Waals surface area contributed by atoms with Crippen molar-refractivity contribution in [3.63, 3.8) is 0 Å². The van der Waals surface area contributed by atoms with Crippen molar-refractivity contribution in [2.45, 2.75) is 93.1 Å². The summed E-state index contributed by atoms with van der Waals surface area (Å²) in [6.45, 7) is 18.6. The Morgan fingerprint density at radius 2 is 1.20 bits per heavy atom. The second-order valence-electron chi connectivity index (χ2n) is 13.5. The number of ether oxygens (including phenoxy) is 3. The van der Waals surface area contributed by atoms with Crippen LogP contribution in [0, 0.1) is 19.3 Å². The van der Waals surface area contributed by atoms with Crippen LogP contribution in [0.5, 0.6) is 23.0 Å². The van der Waals surface area contributed by atoms with Gasteiger partial charge in [0.1, 0.15) is 28.6 Å². The Hall–Kier alpha value is -4.38. The number of hydrogen-bond acceptors (Lipinski definition) is 5. The van der Waals surface area contributed by atoms with Gasteiger partial charge in [0.2, 0.25) is 0 Å². The Labute approximate surface area is 274 Å². The lowest BCUT2D eigenvalue weighted by molar-refractivity contribution is 0.0732. The number of Topliss-reactive ketones (excluding diaryl/α,β-unsaturated/α-hetero) is 1. The first-order valence-electron chi connectivity index (χ1n) is 16.3. The Morgan fingerprint density at radius 3 is 1.67 bits per heavy atom. The molecule has 0 radical (unpaired) electrons. The Morgan fingerprint density at radius 1 is 0.696 bits per heavy atom. The second-order valence-corrected chi connectivity index (χ2v) is 13.5. The number of hydrogen-bond donors (Lipinski definition) is 0. The quantitative estimate of drug-likeness (QED) is 0.0845. The average molecular weight is 621 g/mol. The van der Waals surface area contributed by atoms with Crippen molar-refractivity contribution < 1.29 is 23.8 Å². The molecule has 4 rings (SSSR count). The summed E-state index contributed by atoms with van der Waals surface area (Å²) in [6, 6.07) is 26.4. The molecule has 0 bridgehead atoms.